The number of rotatable bonds is 4. The lowest BCUT2D eigenvalue weighted by atomic mass is 10.1. The molecule has 0 saturated carbocycles. The van der Waals surface area contributed by atoms with Crippen molar-refractivity contribution in [2.24, 2.45) is 0 Å². The number of hydrogen-bond acceptors (Lipinski definition) is 4. The van der Waals surface area contributed by atoms with Gasteiger partial charge in [0.25, 0.3) is 5.91 Å². The third-order valence-corrected chi connectivity index (χ3v) is 3.46. The molecule has 1 N–H and O–H groups in total. The van der Waals surface area contributed by atoms with E-state index >= 15 is 0 Å². The second-order valence-corrected chi connectivity index (χ2v) is 4.64. The maximum Gasteiger partial charge on any atom is 0.335 e. The van der Waals surface area contributed by atoms with Crippen LogP contribution in [0.3, 0.4) is 0 Å². The molecule has 1 heterocycles. The number of carboxylic acids is 1. The standard InChI is InChI=1S/C14H17NO5/c1-19-11-7-15(8-12(11)20-2)13(16)9-4-3-5-10(6-9)14(17)18/h3-6,11-12H,7-8H2,1-2H3,(H,17,18). The molecule has 0 aromatic heterocycles. The van der Waals surface area contributed by atoms with Crippen LogP contribution in [0.4, 0.5) is 0 Å². The number of benzene rings is 1. The first kappa shape index (κ1) is 14.5. The van der Waals surface area contributed by atoms with Crippen LogP contribution in [0, 0.1) is 0 Å². The van der Waals surface area contributed by atoms with Crippen LogP contribution in [-0.2, 0) is 9.47 Å². The minimum absolute atomic E-state index is 0.0987. The highest BCUT2D eigenvalue weighted by atomic mass is 16.5. The zero-order valence-electron chi connectivity index (χ0n) is 11.4. The number of carboxylic acid groups (broad SMARTS) is 1. The van der Waals surface area contributed by atoms with E-state index in [1.165, 1.54) is 12.1 Å². The van der Waals surface area contributed by atoms with Crippen molar-refractivity contribution in [2.45, 2.75) is 12.2 Å². The van der Waals surface area contributed by atoms with E-state index < -0.39 is 5.97 Å². The molecule has 1 saturated heterocycles. The predicted molar refractivity (Wildman–Crippen MR) is 70.9 cm³/mol. The molecule has 1 aromatic carbocycles. The van der Waals surface area contributed by atoms with Gasteiger partial charge in [0.2, 0.25) is 0 Å². The van der Waals surface area contributed by atoms with E-state index in [1.807, 2.05) is 0 Å². The normalized spacial score (nSPS) is 22.0. The molecule has 1 aliphatic heterocycles. The molecule has 0 radical (unpaired) electrons. The summed E-state index contributed by atoms with van der Waals surface area (Å²) >= 11 is 0. The molecule has 1 fully saturated rings. The largest absolute Gasteiger partial charge is 0.478 e. The molecular formula is C14H17NO5. The number of carbonyl (C=O) groups excluding carboxylic acids is 1. The van der Waals surface area contributed by atoms with E-state index in [1.54, 1.807) is 31.3 Å². The minimum atomic E-state index is -1.05. The van der Waals surface area contributed by atoms with Gasteiger partial charge >= 0.3 is 5.97 Å². The number of carbonyl (C=O) groups is 2. The van der Waals surface area contributed by atoms with E-state index in [2.05, 4.69) is 0 Å². The Morgan fingerprint density at radius 3 is 2.20 bits per heavy atom. The number of nitrogens with zero attached hydrogens (tertiary/aromatic N) is 1. The highest BCUT2D eigenvalue weighted by molar-refractivity contribution is 5.97. The summed E-state index contributed by atoms with van der Waals surface area (Å²) in [6.07, 6.45) is -0.321. The zero-order valence-corrected chi connectivity index (χ0v) is 11.4. The van der Waals surface area contributed by atoms with Crippen LogP contribution < -0.4 is 0 Å². The van der Waals surface area contributed by atoms with Crippen molar-refractivity contribution >= 4 is 11.9 Å². The Balaban J connectivity index is 2.16. The summed E-state index contributed by atoms with van der Waals surface area (Å²) in [5.41, 5.74) is 0.457. The van der Waals surface area contributed by atoms with Crippen LogP contribution >= 0.6 is 0 Å². The van der Waals surface area contributed by atoms with Crippen molar-refractivity contribution < 1.29 is 24.2 Å². The van der Waals surface area contributed by atoms with Gasteiger partial charge in [-0.05, 0) is 18.2 Å². The van der Waals surface area contributed by atoms with Gasteiger partial charge in [0.15, 0.2) is 0 Å². The Hall–Kier alpha value is -1.92. The summed E-state index contributed by atoms with van der Waals surface area (Å²) in [4.78, 5) is 24.9. The molecule has 2 rings (SSSR count). The molecule has 0 spiro atoms. The van der Waals surface area contributed by atoms with Crippen molar-refractivity contribution in [1.82, 2.24) is 4.90 Å². The molecule has 1 amide bonds. The number of ether oxygens (including phenoxy) is 2. The fourth-order valence-electron chi connectivity index (χ4n) is 2.33. The molecule has 20 heavy (non-hydrogen) atoms. The Morgan fingerprint density at radius 2 is 1.70 bits per heavy atom. The van der Waals surface area contributed by atoms with E-state index in [9.17, 15) is 9.59 Å². The van der Waals surface area contributed by atoms with Gasteiger partial charge in [-0.3, -0.25) is 4.79 Å². The second-order valence-electron chi connectivity index (χ2n) is 4.64. The van der Waals surface area contributed by atoms with E-state index in [-0.39, 0.29) is 23.7 Å². The van der Waals surface area contributed by atoms with Crippen LogP contribution in [0.25, 0.3) is 0 Å². The van der Waals surface area contributed by atoms with Gasteiger partial charge in [-0.25, -0.2) is 4.79 Å². The molecule has 1 aromatic rings. The number of amides is 1. The Kier molecular flexibility index (Phi) is 4.36. The number of likely N-dealkylation sites (tertiary alicyclic amines) is 1. The molecule has 108 valence electrons. The number of methoxy groups -OCH3 is 2. The van der Waals surface area contributed by atoms with Crippen LogP contribution in [0.2, 0.25) is 0 Å². The molecule has 0 aliphatic carbocycles. The third-order valence-electron chi connectivity index (χ3n) is 3.46. The van der Waals surface area contributed by atoms with Crippen LogP contribution in [-0.4, -0.2) is 61.4 Å². The van der Waals surface area contributed by atoms with Gasteiger partial charge in [0, 0.05) is 32.9 Å². The smallest absolute Gasteiger partial charge is 0.335 e. The van der Waals surface area contributed by atoms with Crippen molar-refractivity contribution in [3.63, 3.8) is 0 Å². The first-order chi connectivity index (χ1) is 9.56. The average molecular weight is 279 g/mol. The predicted octanol–water partition coefficient (Wildman–Crippen LogP) is 0.871. The summed E-state index contributed by atoms with van der Waals surface area (Å²) in [5, 5.41) is 8.95. The van der Waals surface area contributed by atoms with E-state index in [4.69, 9.17) is 14.6 Å². The molecular weight excluding hydrogens is 262 g/mol. The maximum atomic E-state index is 12.4. The molecule has 6 nitrogen and oxygen atoms in total. The maximum absolute atomic E-state index is 12.4. The quantitative estimate of drug-likeness (QED) is 0.885. The van der Waals surface area contributed by atoms with Crippen molar-refractivity contribution in [3.8, 4) is 0 Å². The fraction of sp³-hybridized carbons (Fsp3) is 0.429. The first-order valence-corrected chi connectivity index (χ1v) is 6.25. The van der Waals surface area contributed by atoms with Gasteiger partial charge in [0.05, 0.1) is 5.56 Å². The monoisotopic (exact) mass is 279 g/mol. The Bertz CT molecular complexity index is 504. The van der Waals surface area contributed by atoms with Crippen LogP contribution in [0.1, 0.15) is 20.7 Å². The topological polar surface area (TPSA) is 76.1 Å². The van der Waals surface area contributed by atoms with Gasteiger partial charge in [0.1, 0.15) is 12.2 Å². The van der Waals surface area contributed by atoms with Crippen molar-refractivity contribution in [3.05, 3.63) is 35.4 Å². The van der Waals surface area contributed by atoms with Crippen LogP contribution in [0.5, 0.6) is 0 Å². The third kappa shape index (κ3) is 2.81. The molecule has 0 bridgehead atoms. The summed E-state index contributed by atoms with van der Waals surface area (Å²) in [6.45, 7) is 0.871. The van der Waals surface area contributed by atoms with Gasteiger partial charge in [-0.2, -0.15) is 0 Å². The van der Waals surface area contributed by atoms with E-state index in [0.29, 0.717) is 18.7 Å². The van der Waals surface area contributed by atoms with Crippen molar-refractivity contribution in [2.75, 3.05) is 27.3 Å². The summed E-state index contributed by atoms with van der Waals surface area (Å²) in [5.74, 6) is -1.26. The van der Waals surface area contributed by atoms with Gasteiger partial charge < -0.3 is 19.5 Å². The summed E-state index contributed by atoms with van der Waals surface area (Å²) in [6, 6.07) is 6.01. The number of hydrogen-bond donors (Lipinski definition) is 1. The van der Waals surface area contributed by atoms with Crippen LogP contribution in [0.15, 0.2) is 24.3 Å². The average Bonchev–Trinajstić information content (AvgIpc) is 2.89. The summed E-state index contributed by atoms with van der Waals surface area (Å²) in [7, 11) is 3.16. The fourth-order valence-corrected chi connectivity index (χ4v) is 2.33. The lowest BCUT2D eigenvalue weighted by Gasteiger charge is -2.16. The first-order valence-electron chi connectivity index (χ1n) is 6.25. The summed E-state index contributed by atoms with van der Waals surface area (Å²) < 4.78 is 10.6. The number of aromatic carboxylic acids is 1. The zero-order chi connectivity index (χ0) is 14.7. The van der Waals surface area contributed by atoms with Gasteiger partial charge in [-0.15, -0.1) is 0 Å². The molecule has 2 atom stereocenters. The van der Waals surface area contributed by atoms with E-state index in [0.717, 1.165) is 0 Å². The lowest BCUT2D eigenvalue weighted by Crippen LogP contribution is -2.30. The molecule has 2 unspecified atom stereocenters. The molecule has 1 aliphatic rings. The SMILES string of the molecule is COC1CN(C(=O)c2cccc(C(=O)O)c2)CC1OC. The lowest BCUT2D eigenvalue weighted by molar-refractivity contribution is -0.00461. The van der Waals surface area contributed by atoms with Gasteiger partial charge in [-0.1, -0.05) is 6.07 Å². The highest BCUT2D eigenvalue weighted by Gasteiger charge is 2.35. The highest BCUT2D eigenvalue weighted by Crippen LogP contribution is 2.19. The second kappa shape index (κ2) is 6.02. The molecule has 6 heteroatoms. The minimum Gasteiger partial charge on any atom is -0.478 e. The Labute approximate surface area is 116 Å². The van der Waals surface area contributed by atoms with Crippen molar-refractivity contribution in [1.29, 1.82) is 0 Å². The Morgan fingerprint density at radius 1 is 1.15 bits per heavy atom.